The number of hydrogen-bond acceptors (Lipinski definition) is 7. The second-order valence-electron chi connectivity index (χ2n) is 9.06. The maximum Gasteiger partial charge on any atom is 0.257 e. The summed E-state index contributed by atoms with van der Waals surface area (Å²) in [5.41, 5.74) is 1.21. The lowest BCUT2D eigenvalue weighted by atomic mass is 10.1. The van der Waals surface area contributed by atoms with Crippen LogP contribution in [0.4, 0.5) is 5.69 Å². The molecule has 0 bridgehead atoms. The van der Waals surface area contributed by atoms with Gasteiger partial charge < -0.3 is 33.9 Å². The third-order valence-electron chi connectivity index (χ3n) is 6.90. The Kier molecular flexibility index (Phi) is 6.64. The van der Waals surface area contributed by atoms with Crippen LogP contribution in [0.25, 0.3) is 10.9 Å². The molecule has 10 heteroatoms. The third-order valence-corrected chi connectivity index (χ3v) is 6.90. The van der Waals surface area contributed by atoms with E-state index in [1.807, 2.05) is 35.8 Å². The Bertz CT molecular complexity index is 1410. The van der Waals surface area contributed by atoms with E-state index in [1.54, 1.807) is 31.1 Å². The zero-order chi connectivity index (χ0) is 26.1. The summed E-state index contributed by atoms with van der Waals surface area (Å²) in [7, 11) is 1.64. The van der Waals surface area contributed by atoms with Gasteiger partial charge in [-0.25, -0.2) is 0 Å². The van der Waals surface area contributed by atoms with Crippen molar-refractivity contribution in [3.63, 3.8) is 0 Å². The van der Waals surface area contributed by atoms with Crippen LogP contribution in [0.3, 0.4) is 0 Å². The van der Waals surface area contributed by atoms with Gasteiger partial charge in [0, 0.05) is 45.0 Å². The molecule has 1 atom stereocenters. The Morgan fingerprint density at radius 1 is 1.08 bits per heavy atom. The summed E-state index contributed by atoms with van der Waals surface area (Å²) in [5.74, 6) is 1.06. The van der Waals surface area contributed by atoms with Crippen molar-refractivity contribution in [1.82, 2.24) is 14.8 Å². The van der Waals surface area contributed by atoms with E-state index >= 15 is 0 Å². The van der Waals surface area contributed by atoms with Gasteiger partial charge in [-0.05, 0) is 32.0 Å². The molecule has 2 aromatic carbocycles. The van der Waals surface area contributed by atoms with Crippen molar-refractivity contribution in [2.75, 3.05) is 45.0 Å². The Balaban J connectivity index is 1.29. The minimum absolute atomic E-state index is 0.0196. The molecule has 1 saturated heterocycles. The van der Waals surface area contributed by atoms with Crippen LogP contribution in [-0.2, 0) is 11.3 Å². The molecule has 37 heavy (non-hydrogen) atoms. The number of carbonyl (C=O) groups excluding carboxylic acids is 2. The number of ether oxygens (including phenoxy) is 3. The summed E-state index contributed by atoms with van der Waals surface area (Å²) in [6.07, 6.45) is 1.53. The zero-order valence-electron chi connectivity index (χ0n) is 21.2. The average molecular weight is 507 g/mol. The number of benzene rings is 2. The van der Waals surface area contributed by atoms with Gasteiger partial charge in [0.2, 0.25) is 18.1 Å². The number of para-hydroxylation sites is 2. The molecular formula is C27H30N4O6. The van der Waals surface area contributed by atoms with Crippen LogP contribution in [0.1, 0.15) is 24.2 Å². The van der Waals surface area contributed by atoms with E-state index in [0.29, 0.717) is 55.1 Å². The van der Waals surface area contributed by atoms with E-state index in [4.69, 9.17) is 14.2 Å². The van der Waals surface area contributed by atoms with Gasteiger partial charge in [0.05, 0.1) is 23.7 Å². The summed E-state index contributed by atoms with van der Waals surface area (Å²) in [5, 5.41) is 3.10. The molecule has 5 rings (SSSR count). The molecule has 194 valence electrons. The van der Waals surface area contributed by atoms with Crippen molar-refractivity contribution in [3.8, 4) is 17.2 Å². The van der Waals surface area contributed by atoms with E-state index in [2.05, 4.69) is 10.2 Å². The second-order valence-corrected chi connectivity index (χ2v) is 9.06. The standard InChI is InChI=1S/C27H30N4O6/c1-4-29-15-19(25(32)18-13-23-24(14-21(18)29)37-16-36-23)26(33)28-17(2)27(34)31-11-9-30(10-12-31)20-7-5-6-8-22(20)35-3/h5-8,13-15,17H,4,9-12,16H2,1-3H3,(H,28,33). The van der Waals surface area contributed by atoms with Crippen molar-refractivity contribution >= 4 is 28.4 Å². The topological polar surface area (TPSA) is 102 Å². The fraction of sp³-hybridized carbons (Fsp3) is 0.370. The predicted molar refractivity (Wildman–Crippen MR) is 139 cm³/mol. The van der Waals surface area contributed by atoms with Crippen LogP contribution in [-0.4, -0.2) is 67.4 Å². The summed E-state index contributed by atoms with van der Waals surface area (Å²) >= 11 is 0. The van der Waals surface area contributed by atoms with Gasteiger partial charge in [-0.1, -0.05) is 12.1 Å². The fourth-order valence-corrected chi connectivity index (χ4v) is 4.87. The molecule has 1 N–H and O–H groups in total. The molecule has 2 aliphatic rings. The normalized spacial score (nSPS) is 15.5. The number of methoxy groups -OCH3 is 1. The molecule has 0 spiro atoms. The summed E-state index contributed by atoms with van der Waals surface area (Å²) in [4.78, 5) is 43.4. The number of piperazine rings is 1. The monoisotopic (exact) mass is 506 g/mol. The van der Waals surface area contributed by atoms with Crippen LogP contribution < -0.4 is 29.9 Å². The van der Waals surface area contributed by atoms with E-state index in [9.17, 15) is 14.4 Å². The highest BCUT2D eigenvalue weighted by molar-refractivity contribution is 6.00. The van der Waals surface area contributed by atoms with Gasteiger partial charge in [-0.2, -0.15) is 0 Å². The number of amides is 2. The number of carbonyl (C=O) groups is 2. The first-order valence-electron chi connectivity index (χ1n) is 12.4. The number of nitrogens with one attached hydrogen (secondary N) is 1. The van der Waals surface area contributed by atoms with Crippen LogP contribution >= 0.6 is 0 Å². The Labute approximate surface area is 214 Å². The molecule has 3 heterocycles. The number of nitrogens with zero attached hydrogens (tertiary/aromatic N) is 3. The minimum atomic E-state index is -0.785. The highest BCUT2D eigenvalue weighted by atomic mass is 16.7. The molecule has 2 amide bonds. The van der Waals surface area contributed by atoms with Crippen molar-refractivity contribution in [3.05, 3.63) is 58.4 Å². The molecule has 2 aliphatic heterocycles. The predicted octanol–water partition coefficient (Wildman–Crippen LogP) is 2.23. The lowest BCUT2D eigenvalue weighted by Crippen LogP contribution is -2.54. The molecule has 10 nitrogen and oxygen atoms in total. The maximum absolute atomic E-state index is 13.2. The van der Waals surface area contributed by atoms with Gasteiger partial charge in [0.25, 0.3) is 5.91 Å². The maximum atomic E-state index is 13.2. The molecule has 1 fully saturated rings. The summed E-state index contributed by atoms with van der Waals surface area (Å²) in [6.45, 7) is 6.53. The molecule has 1 aromatic heterocycles. The zero-order valence-corrected chi connectivity index (χ0v) is 21.2. The van der Waals surface area contributed by atoms with Crippen molar-refractivity contribution < 1.29 is 23.8 Å². The van der Waals surface area contributed by atoms with E-state index in [0.717, 1.165) is 11.4 Å². The summed E-state index contributed by atoms with van der Waals surface area (Å²) < 4.78 is 18.1. The van der Waals surface area contributed by atoms with Crippen LogP contribution in [0.15, 0.2) is 47.4 Å². The first kappa shape index (κ1) is 24.5. The fourth-order valence-electron chi connectivity index (χ4n) is 4.87. The number of anilines is 1. The van der Waals surface area contributed by atoms with Gasteiger partial charge in [0.1, 0.15) is 17.4 Å². The van der Waals surface area contributed by atoms with Crippen LogP contribution in [0.2, 0.25) is 0 Å². The van der Waals surface area contributed by atoms with E-state index in [1.165, 1.54) is 6.20 Å². The molecule has 0 saturated carbocycles. The summed E-state index contributed by atoms with van der Waals surface area (Å²) in [6, 6.07) is 10.4. The SMILES string of the molecule is CCn1cc(C(=O)NC(C)C(=O)N2CCN(c3ccccc3OC)CC2)c(=O)c2cc3c(cc21)OCO3. The molecule has 3 aromatic rings. The first-order chi connectivity index (χ1) is 17.9. The van der Waals surface area contributed by atoms with Gasteiger partial charge in [-0.3, -0.25) is 14.4 Å². The number of aryl methyl sites for hydroxylation is 1. The third kappa shape index (κ3) is 4.54. The highest BCUT2D eigenvalue weighted by Gasteiger charge is 2.28. The highest BCUT2D eigenvalue weighted by Crippen LogP contribution is 2.35. The quantitative estimate of drug-likeness (QED) is 0.547. The number of fused-ring (bicyclic) bond motifs is 2. The molecular weight excluding hydrogens is 476 g/mol. The first-order valence-corrected chi connectivity index (χ1v) is 12.4. The van der Waals surface area contributed by atoms with Gasteiger partial charge >= 0.3 is 0 Å². The van der Waals surface area contributed by atoms with Crippen molar-refractivity contribution in [2.24, 2.45) is 0 Å². The number of rotatable bonds is 6. The molecule has 1 unspecified atom stereocenters. The largest absolute Gasteiger partial charge is 0.495 e. The Hall–Kier alpha value is -4.21. The number of aromatic nitrogens is 1. The number of pyridine rings is 1. The number of hydrogen-bond donors (Lipinski definition) is 1. The Morgan fingerprint density at radius 2 is 1.78 bits per heavy atom. The molecule has 0 aliphatic carbocycles. The van der Waals surface area contributed by atoms with Gasteiger partial charge in [-0.15, -0.1) is 0 Å². The van der Waals surface area contributed by atoms with Gasteiger partial charge in [0.15, 0.2) is 11.5 Å². The Morgan fingerprint density at radius 3 is 2.49 bits per heavy atom. The lowest BCUT2D eigenvalue weighted by molar-refractivity contribution is -0.133. The van der Waals surface area contributed by atoms with Crippen LogP contribution in [0, 0.1) is 0 Å². The van der Waals surface area contributed by atoms with E-state index < -0.39 is 17.4 Å². The van der Waals surface area contributed by atoms with Crippen LogP contribution in [0.5, 0.6) is 17.2 Å². The minimum Gasteiger partial charge on any atom is -0.495 e. The van der Waals surface area contributed by atoms with Crippen molar-refractivity contribution in [1.29, 1.82) is 0 Å². The van der Waals surface area contributed by atoms with E-state index in [-0.39, 0.29) is 18.3 Å². The smallest absolute Gasteiger partial charge is 0.257 e. The second kappa shape index (κ2) is 10.0. The van der Waals surface area contributed by atoms with Crippen molar-refractivity contribution in [2.45, 2.75) is 26.4 Å². The lowest BCUT2D eigenvalue weighted by Gasteiger charge is -2.37. The average Bonchev–Trinajstić information content (AvgIpc) is 3.39. The molecule has 0 radical (unpaired) electrons.